The van der Waals surface area contributed by atoms with Crippen molar-refractivity contribution >= 4 is 43.6 Å². The lowest BCUT2D eigenvalue weighted by Gasteiger charge is -2.13. The molecule has 0 N–H and O–H groups in total. The zero-order valence-electron chi connectivity index (χ0n) is 23.4. The molecule has 2 heterocycles. The molecule has 0 aliphatic carbocycles. The number of benzene rings is 6. The van der Waals surface area contributed by atoms with Crippen LogP contribution in [-0.4, -0.2) is 9.13 Å². The SMILES string of the molecule is Cc1ccc2c(c1)c1ccccc1n2-c1cc(C#N)cc(-c2cccc(-n3c4ccccc4c4cc(C#N)ccc43)c2)c1. The van der Waals surface area contributed by atoms with Crippen molar-refractivity contribution in [2.75, 3.05) is 0 Å². The number of aryl methyl sites for hydroxylation is 1. The van der Waals surface area contributed by atoms with E-state index in [1.54, 1.807) is 0 Å². The maximum Gasteiger partial charge on any atom is 0.0992 e. The summed E-state index contributed by atoms with van der Waals surface area (Å²) in [6.45, 7) is 2.12. The van der Waals surface area contributed by atoms with Crippen molar-refractivity contribution in [1.82, 2.24) is 9.13 Å². The summed E-state index contributed by atoms with van der Waals surface area (Å²) in [5.74, 6) is 0. The topological polar surface area (TPSA) is 57.4 Å². The highest BCUT2D eigenvalue weighted by atomic mass is 15.0. The summed E-state index contributed by atoms with van der Waals surface area (Å²) in [4.78, 5) is 0. The Morgan fingerprint density at radius 2 is 1.05 bits per heavy atom. The number of fused-ring (bicyclic) bond motifs is 6. The van der Waals surface area contributed by atoms with Gasteiger partial charge in [0.1, 0.15) is 0 Å². The fraction of sp³-hybridized carbons (Fsp3) is 0.0256. The van der Waals surface area contributed by atoms with Crippen LogP contribution < -0.4 is 0 Å². The summed E-state index contributed by atoms with van der Waals surface area (Å²) in [6, 6.07) is 48.4. The van der Waals surface area contributed by atoms with Crippen LogP contribution in [0, 0.1) is 29.6 Å². The van der Waals surface area contributed by atoms with E-state index in [4.69, 9.17) is 0 Å². The Morgan fingerprint density at radius 3 is 1.77 bits per heavy atom. The van der Waals surface area contributed by atoms with Crippen LogP contribution in [0.2, 0.25) is 0 Å². The first-order valence-corrected chi connectivity index (χ1v) is 14.2. The molecule has 0 saturated carbocycles. The molecular formula is C39H24N4. The molecule has 4 nitrogen and oxygen atoms in total. The van der Waals surface area contributed by atoms with E-state index in [0.717, 1.165) is 55.3 Å². The summed E-state index contributed by atoms with van der Waals surface area (Å²) in [6.07, 6.45) is 0. The molecule has 0 radical (unpaired) electrons. The van der Waals surface area contributed by atoms with E-state index in [2.05, 4.69) is 113 Å². The number of rotatable bonds is 3. The van der Waals surface area contributed by atoms with Gasteiger partial charge in [0.15, 0.2) is 0 Å². The van der Waals surface area contributed by atoms with Crippen LogP contribution in [0.4, 0.5) is 0 Å². The second-order valence-corrected chi connectivity index (χ2v) is 11.0. The van der Waals surface area contributed by atoms with E-state index in [0.29, 0.717) is 11.1 Å². The molecule has 0 bridgehead atoms. The first kappa shape index (κ1) is 24.7. The van der Waals surface area contributed by atoms with Gasteiger partial charge in [-0.1, -0.05) is 60.2 Å². The summed E-state index contributed by atoms with van der Waals surface area (Å²) in [7, 11) is 0. The van der Waals surface area contributed by atoms with Crippen LogP contribution in [0.25, 0.3) is 66.1 Å². The Kier molecular flexibility index (Phi) is 5.44. The van der Waals surface area contributed by atoms with Crippen LogP contribution in [0.3, 0.4) is 0 Å². The normalized spacial score (nSPS) is 11.3. The van der Waals surface area contributed by atoms with Gasteiger partial charge < -0.3 is 9.13 Å². The molecule has 43 heavy (non-hydrogen) atoms. The summed E-state index contributed by atoms with van der Waals surface area (Å²) < 4.78 is 4.51. The van der Waals surface area contributed by atoms with Crippen LogP contribution in [0.15, 0.2) is 127 Å². The van der Waals surface area contributed by atoms with Crippen LogP contribution in [0.5, 0.6) is 0 Å². The maximum atomic E-state index is 10.1. The number of hydrogen-bond donors (Lipinski definition) is 0. The van der Waals surface area contributed by atoms with Crippen molar-refractivity contribution in [3.05, 3.63) is 144 Å². The van der Waals surface area contributed by atoms with E-state index in [1.807, 2.05) is 42.5 Å². The highest BCUT2D eigenvalue weighted by molar-refractivity contribution is 6.10. The molecule has 6 aromatic carbocycles. The Labute approximate surface area is 248 Å². The van der Waals surface area contributed by atoms with Gasteiger partial charge >= 0.3 is 0 Å². The molecule has 0 aliphatic rings. The van der Waals surface area contributed by atoms with Crippen molar-refractivity contribution in [2.45, 2.75) is 6.92 Å². The molecule has 0 aliphatic heterocycles. The lowest BCUT2D eigenvalue weighted by atomic mass is 10.0. The molecule has 0 saturated heterocycles. The summed E-state index contributed by atoms with van der Waals surface area (Å²) in [5.41, 5.74) is 10.8. The van der Waals surface area contributed by atoms with Gasteiger partial charge in [-0.25, -0.2) is 0 Å². The van der Waals surface area contributed by atoms with E-state index >= 15 is 0 Å². The average molecular weight is 549 g/mol. The van der Waals surface area contributed by atoms with Gasteiger partial charge in [0.25, 0.3) is 0 Å². The average Bonchev–Trinajstić information content (AvgIpc) is 3.56. The quantitative estimate of drug-likeness (QED) is 0.221. The minimum Gasteiger partial charge on any atom is -0.309 e. The summed E-state index contributed by atoms with van der Waals surface area (Å²) >= 11 is 0. The first-order valence-electron chi connectivity index (χ1n) is 14.2. The molecule has 0 fully saturated rings. The van der Waals surface area contributed by atoms with Gasteiger partial charge in [-0.15, -0.1) is 0 Å². The second-order valence-electron chi connectivity index (χ2n) is 11.0. The largest absolute Gasteiger partial charge is 0.309 e. The van der Waals surface area contributed by atoms with E-state index in [1.165, 1.54) is 16.3 Å². The monoisotopic (exact) mass is 548 g/mol. The lowest BCUT2D eigenvalue weighted by molar-refractivity contribution is 1.17. The lowest BCUT2D eigenvalue weighted by Crippen LogP contribution is -1.97. The summed E-state index contributed by atoms with van der Waals surface area (Å²) in [5, 5.41) is 24.2. The minimum absolute atomic E-state index is 0.608. The van der Waals surface area contributed by atoms with E-state index in [-0.39, 0.29) is 0 Å². The molecule has 8 aromatic rings. The third-order valence-corrected chi connectivity index (χ3v) is 8.37. The van der Waals surface area contributed by atoms with Crippen LogP contribution in [-0.2, 0) is 0 Å². The Morgan fingerprint density at radius 1 is 0.442 bits per heavy atom. The fourth-order valence-corrected chi connectivity index (χ4v) is 6.48. The number of para-hydroxylation sites is 2. The van der Waals surface area contributed by atoms with Crippen LogP contribution >= 0.6 is 0 Å². The first-order chi connectivity index (χ1) is 21.1. The number of nitriles is 2. The maximum absolute atomic E-state index is 10.1. The second kappa shape index (κ2) is 9.48. The number of aromatic nitrogens is 2. The standard InChI is InChI=1S/C39H24N4/c1-25-13-15-38-34(17-25)32-9-2-5-12-37(32)43(38)31-19-27(24-41)18-29(22-31)28-7-6-8-30(21-28)42-36-11-4-3-10-33(36)35-20-26(23-40)14-16-39(35)42/h2-22H,1H3. The van der Waals surface area contributed by atoms with Crippen molar-refractivity contribution in [3.63, 3.8) is 0 Å². The van der Waals surface area contributed by atoms with Gasteiger partial charge in [-0.2, -0.15) is 10.5 Å². The molecule has 8 rings (SSSR count). The molecule has 0 amide bonds. The van der Waals surface area contributed by atoms with Crippen molar-refractivity contribution in [2.24, 2.45) is 0 Å². The van der Waals surface area contributed by atoms with Gasteiger partial charge in [-0.3, -0.25) is 0 Å². The highest BCUT2D eigenvalue weighted by Gasteiger charge is 2.16. The fourth-order valence-electron chi connectivity index (χ4n) is 6.48. The van der Waals surface area contributed by atoms with E-state index < -0.39 is 0 Å². The van der Waals surface area contributed by atoms with Crippen molar-refractivity contribution in [3.8, 4) is 34.6 Å². The molecule has 2 aromatic heterocycles. The van der Waals surface area contributed by atoms with Crippen LogP contribution in [0.1, 0.15) is 16.7 Å². The molecule has 200 valence electrons. The Bertz CT molecular complexity index is 2490. The predicted octanol–water partition coefficient (Wildman–Crippen LogP) is 9.60. The van der Waals surface area contributed by atoms with Gasteiger partial charge in [0, 0.05) is 32.9 Å². The smallest absolute Gasteiger partial charge is 0.0992 e. The molecular weight excluding hydrogens is 524 g/mol. The zero-order chi connectivity index (χ0) is 29.1. The predicted molar refractivity (Wildman–Crippen MR) is 175 cm³/mol. The molecule has 0 atom stereocenters. The van der Waals surface area contributed by atoms with Crippen molar-refractivity contribution < 1.29 is 0 Å². The molecule has 4 heteroatoms. The molecule has 0 unspecified atom stereocenters. The van der Waals surface area contributed by atoms with E-state index in [9.17, 15) is 10.5 Å². The Balaban J connectivity index is 1.35. The van der Waals surface area contributed by atoms with Gasteiger partial charge in [0.05, 0.1) is 45.3 Å². The minimum atomic E-state index is 0.608. The molecule has 0 spiro atoms. The third-order valence-electron chi connectivity index (χ3n) is 8.37. The Hall–Kier alpha value is -6.10. The number of nitrogens with zero attached hydrogens (tertiary/aromatic N) is 4. The number of hydrogen-bond acceptors (Lipinski definition) is 2. The van der Waals surface area contributed by atoms with Gasteiger partial charge in [0.2, 0.25) is 0 Å². The third kappa shape index (κ3) is 3.82. The zero-order valence-corrected chi connectivity index (χ0v) is 23.4. The van der Waals surface area contributed by atoms with Gasteiger partial charge in [-0.05, 0) is 90.8 Å². The highest BCUT2D eigenvalue weighted by Crippen LogP contribution is 2.36. The van der Waals surface area contributed by atoms with Crippen molar-refractivity contribution in [1.29, 1.82) is 10.5 Å².